The Morgan fingerprint density at radius 2 is 1.32 bits per heavy atom. The van der Waals surface area contributed by atoms with E-state index in [2.05, 4.69) is 108 Å². The average molecular weight is 1010 g/mol. The standard InChI is InChI=1S/C23H45N.C23H38.C12H18N.C7H15N.C5H12/c1-3-4-5-8-11-21-13-15-23(19-21)22-14-12-20(2)10-7-6-9-17-24-18-16-22;1-3-11-20(16-17-21-12-7-5-8-13-21)18-19-22(4-2)23-14-9-6-10-15-23;13-12-8-6-11(7-9-12)10-4-2-1-3-5-10;1-2-3-4-5-6-7-8;1-3-5-4-2/h20-24H,3-19H2,1-2H3;6,9-10,14-15,20-22H,3-5,7-8,11-13,16-19H2,1-2H3;1-4,11-12H,5-9,13H2;2H,1,3-8H2;3-5H2,1-2H3/t20-,21?,22+,23-;20-,22?;;;/m10.../s1. The van der Waals surface area contributed by atoms with Gasteiger partial charge in [0.15, 0.2) is 0 Å². The normalized spacial score (nSPS) is 24.7. The molecule has 0 aromatic heterocycles. The van der Waals surface area contributed by atoms with Crippen LogP contribution in [0.5, 0.6) is 0 Å². The lowest BCUT2D eigenvalue weighted by Crippen LogP contribution is -2.27. The third-order valence-electron chi connectivity index (χ3n) is 18.1. The van der Waals surface area contributed by atoms with Crippen LogP contribution in [0.15, 0.2) is 66.8 Å². The molecule has 73 heavy (non-hydrogen) atoms. The molecule has 1 saturated heterocycles. The lowest BCUT2D eigenvalue weighted by molar-refractivity contribution is 0.259. The molecule has 5 N–H and O–H groups in total. The van der Waals surface area contributed by atoms with E-state index < -0.39 is 0 Å². The van der Waals surface area contributed by atoms with Crippen LogP contribution in [0.4, 0.5) is 0 Å². The van der Waals surface area contributed by atoms with Crippen LogP contribution in [0.1, 0.15) is 303 Å². The van der Waals surface area contributed by atoms with Crippen molar-refractivity contribution in [3.8, 4) is 0 Å². The van der Waals surface area contributed by atoms with Crippen molar-refractivity contribution < 1.29 is 0 Å². The molecule has 0 bridgehead atoms. The van der Waals surface area contributed by atoms with E-state index in [0.717, 1.165) is 73.2 Å². The summed E-state index contributed by atoms with van der Waals surface area (Å²) in [6.07, 6.45) is 65.4. The van der Waals surface area contributed by atoms with Crippen molar-refractivity contribution >= 4 is 0 Å². The van der Waals surface area contributed by atoms with Crippen molar-refractivity contribution in [2.24, 2.45) is 52.9 Å². The van der Waals surface area contributed by atoms with Gasteiger partial charge in [-0.2, -0.15) is 0 Å². The van der Waals surface area contributed by atoms with Crippen molar-refractivity contribution in [2.75, 3.05) is 19.6 Å². The summed E-state index contributed by atoms with van der Waals surface area (Å²) in [6, 6.07) is 11.7. The Morgan fingerprint density at radius 3 is 1.97 bits per heavy atom. The first-order chi connectivity index (χ1) is 35.8. The predicted molar refractivity (Wildman–Crippen MR) is 329 cm³/mol. The summed E-state index contributed by atoms with van der Waals surface area (Å²) >= 11 is 0. The van der Waals surface area contributed by atoms with Gasteiger partial charge in [0, 0.05) is 6.04 Å². The third kappa shape index (κ3) is 34.7. The second kappa shape index (κ2) is 47.5. The minimum Gasteiger partial charge on any atom is -0.330 e. The molecule has 1 radical (unpaired) electrons. The highest BCUT2D eigenvalue weighted by Crippen LogP contribution is 2.42. The Balaban J connectivity index is 0.000000343. The number of nitrogens with two attached hydrogens (primary N) is 2. The Bertz CT molecular complexity index is 1380. The van der Waals surface area contributed by atoms with Gasteiger partial charge in [-0.3, -0.25) is 0 Å². The number of hydrogen-bond acceptors (Lipinski definition) is 3. The monoisotopic (exact) mass is 1010 g/mol. The number of nitrogens with one attached hydrogen (secondary N) is 1. The molecule has 5 aliphatic rings. The predicted octanol–water partition coefficient (Wildman–Crippen LogP) is 21.2. The van der Waals surface area contributed by atoms with Crippen LogP contribution in [0.2, 0.25) is 0 Å². The van der Waals surface area contributed by atoms with Gasteiger partial charge in [0.2, 0.25) is 0 Å². The van der Waals surface area contributed by atoms with Crippen LogP contribution < -0.4 is 16.8 Å². The number of hydrogen-bond donors (Lipinski definition) is 3. The molecule has 0 spiro atoms. The zero-order valence-electron chi connectivity index (χ0n) is 50.0. The highest BCUT2D eigenvalue weighted by Gasteiger charge is 2.30. The Labute approximate surface area is 458 Å². The molecule has 1 aliphatic heterocycles. The molecule has 423 valence electrons. The molecule has 3 saturated carbocycles. The lowest BCUT2D eigenvalue weighted by Gasteiger charge is -2.28. The fourth-order valence-electron chi connectivity index (χ4n) is 13.1. The summed E-state index contributed by atoms with van der Waals surface area (Å²) in [7, 11) is 0. The zero-order chi connectivity index (χ0) is 52.8. The van der Waals surface area contributed by atoms with E-state index in [0.29, 0.717) is 6.04 Å². The van der Waals surface area contributed by atoms with E-state index in [1.54, 1.807) is 17.6 Å². The van der Waals surface area contributed by atoms with Crippen LogP contribution in [0, 0.1) is 47.8 Å². The first-order valence-corrected chi connectivity index (χ1v) is 32.8. The highest BCUT2D eigenvalue weighted by atomic mass is 14.8. The van der Waals surface area contributed by atoms with E-state index in [4.69, 9.17) is 11.5 Å². The molecule has 6 rings (SSSR count). The average Bonchev–Trinajstić information content (AvgIpc) is 3.90. The summed E-state index contributed by atoms with van der Waals surface area (Å²) in [5.74, 6) is 7.72. The van der Waals surface area contributed by atoms with Crippen molar-refractivity contribution in [2.45, 2.75) is 304 Å². The minimum atomic E-state index is 0.472. The Morgan fingerprint density at radius 1 is 0.603 bits per heavy atom. The molecule has 3 heteroatoms. The van der Waals surface area contributed by atoms with Crippen LogP contribution in [0.3, 0.4) is 0 Å². The van der Waals surface area contributed by atoms with Crippen molar-refractivity contribution in [3.63, 3.8) is 0 Å². The minimum absolute atomic E-state index is 0.472. The first-order valence-electron chi connectivity index (χ1n) is 32.8. The molecular formula is C70H128N3. The molecule has 1 heterocycles. The summed E-state index contributed by atoms with van der Waals surface area (Å²) in [5, 5.41) is 3.73. The van der Waals surface area contributed by atoms with Gasteiger partial charge in [0.25, 0.3) is 0 Å². The fourth-order valence-corrected chi connectivity index (χ4v) is 13.1. The number of unbranched alkanes of at least 4 members (excludes halogenated alkanes) is 8. The zero-order valence-corrected chi connectivity index (χ0v) is 50.0. The van der Waals surface area contributed by atoms with Crippen LogP contribution in [0.25, 0.3) is 0 Å². The summed E-state index contributed by atoms with van der Waals surface area (Å²) in [6.45, 7) is 21.0. The molecule has 2 unspecified atom stereocenters. The molecule has 4 aliphatic carbocycles. The molecule has 4 fully saturated rings. The maximum Gasteiger partial charge on any atom is 0.00392 e. The van der Waals surface area contributed by atoms with Gasteiger partial charge in [-0.1, -0.05) is 249 Å². The number of rotatable bonds is 24. The summed E-state index contributed by atoms with van der Waals surface area (Å²) < 4.78 is 0. The van der Waals surface area contributed by atoms with Crippen molar-refractivity contribution in [1.29, 1.82) is 0 Å². The van der Waals surface area contributed by atoms with Gasteiger partial charge in [0.05, 0.1) is 0 Å². The van der Waals surface area contributed by atoms with E-state index in [1.807, 2.05) is 6.08 Å². The highest BCUT2D eigenvalue weighted by molar-refractivity contribution is 5.25. The first kappa shape index (κ1) is 67.4. The maximum absolute atomic E-state index is 5.89. The van der Waals surface area contributed by atoms with E-state index in [9.17, 15) is 0 Å². The number of benzene rings is 1. The largest absolute Gasteiger partial charge is 0.330 e. The maximum atomic E-state index is 5.89. The van der Waals surface area contributed by atoms with Crippen LogP contribution in [-0.2, 0) is 0 Å². The second-order valence-corrected chi connectivity index (χ2v) is 24.4. The van der Waals surface area contributed by atoms with Crippen LogP contribution >= 0.6 is 0 Å². The fraction of sp³-hybridized carbons (Fsp3) is 0.814. The topological polar surface area (TPSA) is 64.1 Å². The molecule has 3 nitrogen and oxygen atoms in total. The Kier molecular flexibility index (Phi) is 43.9. The van der Waals surface area contributed by atoms with Gasteiger partial charge in [-0.25, -0.2) is 0 Å². The van der Waals surface area contributed by atoms with E-state index >= 15 is 0 Å². The summed E-state index contributed by atoms with van der Waals surface area (Å²) in [4.78, 5) is 0. The van der Waals surface area contributed by atoms with E-state index in [1.165, 1.54) is 238 Å². The molecular weight excluding hydrogens is 883 g/mol. The molecule has 6 atom stereocenters. The van der Waals surface area contributed by atoms with Gasteiger partial charge < -0.3 is 16.8 Å². The second-order valence-electron chi connectivity index (χ2n) is 24.4. The van der Waals surface area contributed by atoms with E-state index in [-0.39, 0.29) is 0 Å². The van der Waals surface area contributed by atoms with Gasteiger partial charge in [-0.15, -0.1) is 6.58 Å². The summed E-state index contributed by atoms with van der Waals surface area (Å²) in [5.41, 5.74) is 14.3. The molecule has 1 aromatic carbocycles. The molecule has 1 aromatic rings. The smallest absolute Gasteiger partial charge is 0.00392 e. The van der Waals surface area contributed by atoms with Gasteiger partial charge >= 0.3 is 0 Å². The van der Waals surface area contributed by atoms with Crippen molar-refractivity contribution in [3.05, 3.63) is 78.8 Å². The SMILES string of the molecule is C=CCCCCCN.CCCCC.CCCCCCC1CC[C@@H]([C@@H]2CCNCCCCC[C@@H](C)CC2)C1.CCC[C@@H](CCC1CCCCC1)CCC(CC)c1ccccc1.NC1CCC(C2=CC=C[CH]C2)CC1. The van der Waals surface area contributed by atoms with Crippen molar-refractivity contribution in [1.82, 2.24) is 5.32 Å². The quantitative estimate of drug-likeness (QED) is 0.0714. The van der Waals surface area contributed by atoms with Gasteiger partial charge in [-0.05, 0) is 182 Å². The molecule has 0 amide bonds. The van der Waals surface area contributed by atoms with Crippen LogP contribution in [-0.4, -0.2) is 25.7 Å². The van der Waals surface area contributed by atoms with Gasteiger partial charge in [0.1, 0.15) is 0 Å². The third-order valence-corrected chi connectivity index (χ3v) is 18.1. The number of allylic oxidation sites excluding steroid dienone is 5. The Hall–Kier alpha value is -1.68. The lowest BCUT2D eigenvalue weighted by atomic mass is 9.79.